The van der Waals surface area contributed by atoms with Crippen LogP contribution in [0.2, 0.25) is 0 Å². The van der Waals surface area contributed by atoms with Crippen LogP contribution in [0.4, 0.5) is 0 Å². The molecule has 1 rings (SSSR count). The smallest absolute Gasteiger partial charge is 0.119 e. The molecule has 0 radical (unpaired) electrons. The maximum absolute atomic E-state index is 9.75. The normalized spacial score (nSPS) is 12.6. The number of hydrogen-bond acceptors (Lipinski definition) is 5. The molecule has 0 heterocycles. The summed E-state index contributed by atoms with van der Waals surface area (Å²) in [5.74, 6) is -0.119. The van der Waals surface area contributed by atoms with Crippen LogP contribution in [0.3, 0.4) is 0 Å². The Bertz CT molecular complexity index is 311. The zero-order valence-electron chi connectivity index (χ0n) is 9.06. The number of nitrogens with two attached hydrogens (primary N) is 1. The van der Waals surface area contributed by atoms with Gasteiger partial charge in [-0.15, -0.1) is 0 Å². The van der Waals surface area contributed by atoms with Gasteiger partial charge in [-0.2, -0.15) is 0 Å². The van der Waals surface area contributed by atoms with Gasteiger partial charge in [0.25, 0.3) is 0 Å². The van der Waals surface area contributed by atoms with E-state index in [2.05, 4.69) is 5.32 Å². The Kier molecular flexibility index (Phi) is 5.04. The maximum atomic E-state index is 9.75. The topological polar surface area (TPSA) is 98.7 Å². The van der Waals surface area contributed by atoms with Crippen molar-refractivity contribution in [3.05, 3.63) is 23.8 Å². The first kappa shape index (κ1) is 12.8. The van der Waals surface area contributed by atoms with Gasteiger partial charge in [-0.1, -0.05) is 0 Å². The Balaban J connectivity index is 2.48. The lowest BCUT2D eigenvalue weighted by Crippen LogP contribution is -2.24. The molecule has 0 amide bonds. The third-order valence-corrected chi connectivity index (χ3v) is 2.21. The van der Waals surface area contributed by atoms with Crippen molar-refractivity contribution in [1.82, 2.24) is 5.32 Å². The van der Waals surface area contributed by atoms with Crippen LogP contribution in [0.1, 0.15) is 18.1 Å². The van der Waals surface area contributed by atoms with Crippen molar-refractivity contribution < 1.29 is 15.3 Å². The molecule has 6 N–H and O–H groups in total. The van der Waals surface area contributed by atoms with Crippen LogP contribution in [0.25, 0.3) is 0 Å². The fourth-order valence-electron chi connectivity index (χ4n) is 1.39. The second-order valence-electron chi connectivity index (χ2n) is 3.64. The van der Waals surface area contributed by atoms with E-state index in [1.165, 1.54) is 18.2 Å². The summed E-state index contributed by atoms with van der Waals surface area (Å²) in [6.45, 7) is 1.71. The predicted molar refractivity (Wildman–Crippen MR) is 61.3 cm³/mol. The molecule has 1 atom stereocenters. The van der Waals surface area contributed by atoms with E-state index >= 15 is 0 Å². The van der Waals surface area contributed by atoms with E-state index in [0.29, 0.717) is 18.7 Å². The molecule has 90 valence electrons. The highest BCUT2D eigenvalue weighted by Crippen LogP contribution is 2.24. The molecule has 0 saturated heterocycles. The highest BCUT2D eigenvalue weighted by atomic mass is 16.3. The number of benzene rings is 1. The van der Waals surface area contributed by atoms with E-state index < -0.39 is 6.10 Å². The summed E-state index contributed by atoms with van der Waals surface area (Å²) < 4.78 is 0. The van der Waals surface area contributed by atoms with Crippen molar-refractivity contribution in [3.63, 3.8) is 0 Å². The fourth-order valence-corrected chi connectivity index (χ4v) is 1.39. The third kappa shape index (κ3) is 4.06. The van der Waals surface area contributed by atoms with Crippen molar-refractivity contribution in [1.29, 1.82) is 0 Å². The minimum atomic E-state index is -0.754. The van der Waals surface area contributed by atoms with Gasteiger partial charge in [0.05, 0.1) is 6.10 Å². The Labute approximate surface area is 94.5 Å². The lowest BCUT2D eigenvalue weighted by Gasteiger charge is -2.12. The van der Waals surface area contributed by atoms with Crippen LogP contribution in [-0.2, 0) is 0 Å². The molecule has 1 aromatic rings. The van der Waals surface area contributed by atoms with E-state index in [1.54, 1.807) is 0 Å². The number of rotatable bonds is 6. The molecular formula is C11H18N2O3. The molecule has 0 aliphatic carbocycles. The van der Waals surface area contributed by atoms with Gasteiger partial charge in [-0.25, -0.2) is 0 Å². The summed E-state index contributed by atoms with van der Waals surface area (Å²) in [5, 5.41) is 31.3. The second kappa shape index (κ2) is 6.32. The Morgan fingerprint density at radius 3 is 2.38 bits per heavy atom. The molecule has 0 bridgehead atoms. The second-order valence-corrected chi connectivity index (χ2v) is 3.64. The van der Waals surface area contributed by atoms with Crippen LogP contribution in [0.5, 0.6) is 11.5 Å². The quantitative estimate of drug-likeness (QED) is 0.442. The highest BCUT2D eigenvalue weighted by molar-refractivity contribution is 5.37. The average molecular weight is 226 g/mol. The third-order valence-electron chi connectivity index (χ3n) is 2.21. The Morgan fingerprint density at radius 1 is 1.19 bits per heavy atom. The summed E-state index contributed by atoms with van der Waals surface area (Å²) in [7, 11) is 0. The van der Waals surface area contributed by atoms with Gasteiger partial charge in [0.1, 0.15) is 11.5 Å². The van der Waals surface area contributed by atoms with Crippen LogP contribution < -0.4 is 11.1 Å². The molecule has 16 heavy (non-hydrogen) atoms. The van der Waals surface area contributed by atoms with Crippen LogP contribution >= 0.6 is 0 Å². The van der Waals surface area contributed by atoms with Gasteiger partial charge >= 0.3 is 0 Å². The average Bonchev–Trinajstić information content (AvgIpc) is 2.22. The maximum Gasteiger partial charge on any atom is 0.119 e. The minimum absolute atomic E-state index is 0.0593. The van der Waals surface area contributed by atoms with Gasteiger partial charge in [0, 0.05) is 12.6 Å². The number of hydrogen-bond donors (Lipinski definition) is 5. The molecular weight excluding hydrogens is 208 g/mol. The molecule has 0 aliphatic rings. The zero-order valence-corrected chi connectivity index (χ0v) is 9.06. The molecule has 5 heteroatoms. The first-order valence-corrected chi connectivity index (χ1v) is 5.25. The molecule has 1 unspecified atom stereocenters. The number of phenolic OH excluding ortho intramolecular Hbond substituents is 2. The first-order valence-electron chi connectivity index (χ1n) is 5.25. The predicted octanol–water partition coefficient (Wildman–Crippen LogP) is 0.0696. The summed E-state index contributed by atoms with van der Waals surface area (Å²) >= 11 is 0. The molecule has 0 spiro atoms. The molecule has 1 aromatic carbocycles. The van der Waals surface area contributed by atoms with E-state index in [-0.39, 0.29) is 11.5 Å². The Morgan fingerprint density at radius 2 is 1.81 bits per heavy atom. The van der Waals surface area contributed by atoms with Crippen LogP contribution in [-0.4, -0.2) is 35.0 Å². The lowest BCUT2D eigenvalue weighted by atomic mass is 10.1. The van der Waals surface area contributed by atoms with Crippen LogP contribution in [0.15, 0.2) is 18.2 Å². The first-order chi connectivity index (χ1) is 7.63. The largest absolute Gasteiger partial charge is 0.508 e. The highest BCUT2D eigenvalue weighted by Gasteiger charge is 2.09. The summed E-state index contributed by atoms with van der Waals surface area (Å²) in [4.78, 5) is 0. The lowest BCUT2D eigenvalue weighted by molar-refractivity contribution is 0.174. The number of aliphatic hydroxyl groups is 1. The van der Waals surface area contributed by atoms with Crippen molar-refractivity contribution in [2.45, 2.75) is 12.5 Å². The van der Waals surface area contributed by atoms with Gasteiger partial charge in [0.2, 0.25) is 0 Å². The standard InChI is InChI=1S/C11H18N2O3/c12-2-1-3-13-7-11(16)8-4-9(14)6-10(15)5-8/h4-6,11,13-16H,1-3,7,12H2. The van der Waals surface area contributed by atoms with E-state index in [4.69, 9.17) is 5.73 Å². The van der Waals surface area contributed by atoms with Gasteiger partial charge < -0.3 is 26.4 Å². The molecule has 5 nitrogen and oxygen atoms in total. The summed E-state index contributed by atoms with van der Waals surface area (Å²) in [5.41, 5.74) is 5.81. The van der Waals surface area contributed by atoms with E-state index in [1.807, 2.05) is 0 Å². The van der Waals surface area contributed by atoms with Crippen molar-refractivity contribution >= 4 is 0 Å². The van der Waals surface area contributed by atoms with Crippen molar-refractivity contribution in [2.75, 3.05) is 19.6 Å². The molecule has 0 fully saturated rings. The molecule has 0 aliphatic heterocycles. The minimum Gasteiger partial charge on any atom is -0.508 e. The SMILES string of the molecule is NCCCNCC(O)c1cc(O)cc(O)c1. The summed E-state index contributed by atoms with van der Waals surface area (Å²) in [6, 6.07) is 4.07. The molecule has 0 aromatic heterocycles. The number of nitrogens with one attached hydrogen (secondary N) is 1. The van der Waals surface area contributed by atoms with Gasteiger partial charge in [-0.3, -0.25) is 0 Å². The number of phenols is 2. The molecule has 0 saturated carbocycles. The number of aromatic hydroxyl groups is 2. The van der Waals surface area contributed by atoms with Gasteiger partial charge in [0.15, 0.2) is 0 Å². The van der Waals surface area contributed by atoms with E-state index in [0.717, 1.165) is 13.0 Å². The van der Waals surface area contributed by atoms with Crippen LogP contribution in [0, 0.1) is 0 Å². The fraction of sp³-hybridized carbons (Fsp3) is 0.455. The van der Waals surface area contributed by atoms with E-state index in [9.17, 15) is 15.3 Å². The monoisotopic (exact) mass is 226 g/mol. The zero-order chi connectivity index (χ0) is 12.0. The van der Waals surface area contributed by atoms with Gasteiger partial charge in [-0.05, 0) is 37.2 Å². The number of aliphatic hydroxyl groups excluding tert-OH is 1. The van der Waals surface area contributed by atoms with Crippen molar-refractivity contribution in [3.8, 4) is 11.5 Å². The Hall–Kier alpha value is -1.30. The summed E-state index contributed by atoms with van der Waals surface area (Å²) in [6.07, 6.45) is 0.0913. The van der Waals surface area contributed by atoms with Crippen molar-refractivity contribution in [2.24, 2.45) is 5.73 Å².